The van der Waals surface area contributed by atoms with Crippen LogP contribution in [0.15, 0.2) is 158 Å². The molecule has 6 nitrogen and oxygen atoms in total. The van der Waals surface area contributed by atoms with Crippen molar-refractivity contribution in [2.75, 3.05) is 4.90 Å². The van der Waals surface area contributed by atoms with Crippen molar-refractivity contribution in [1.82, 2.24) is 4.57 Å². The van der Waals surface area contributed by atoms with Crippen molar-refractivity contribution < 1.29 is 9.59 Å². The minimum atomic E-state index is -0.400. The lowest BCUT2D eigenvalue weighted by molar-refractivity contribution is 0.0926. The molecule has 0 saturated heterocycles. The van der Waals surface area contributed by atoms with Gasteiger partial charge in [-0.15, -0.1) is 0 Å². The first-order valence-electron chi connectivity index (χ1n) is 16.8. The molecule has 242 valence electrons. The molecule has 0 radical (unpaired) electrons. The van der Waals surface area contributed by atoms with Gasteiger partial charge in [-0.25, -0.2) is 4.90 Å². The molecule has 2 amide bonds. The van der Waals surface area contributed by atoms with E-state index in [2.05, 4.69) is 12.1 Å². The summed E-state index contributed by atoms with van der Waals surface area (Å²) in [5, 5.41) is 21.3. The van der Waals surface area contributed by atoms with Crippen LogP contribution in [0.1, 0.15) is 31.8 Å². The average molecular weight is 667 g/mol. The Morgan fingerprint density at radius 1 is 0.442 bits per heavy atom. The number of carbonyl (C=O) groups excluding carboxylic acids is 2. The Morgan fingerprint density at radius 2 is 1.08 bits per heavy atom. The van der Waals surface area contributed by atoms with E-state index in [0.717, 1.165) is 55.2 Å². The van der Waals surface area contributed by atoms with E-state index in [9.17, 15) is 20.1 Å². The van der Waals surface area contributed by atoms with Crippen LogP contribution >= 0.6 is 0 Å². The number of hydrogen-bond donors (Lipinski definition) is 0. The maximum absolute atomic E-state index is 14.8. The first-order valence-corrected chi connectivity index (χ1v) is 16.8. The molecule has 6 heteroatoms. The number of rotatable bonds is 5. The topological polar surface area (TPSA) is 89.9 Å². The van der Waals surface area contributed by atoms with Crippen molar-refractivity contribution in [3.05, 3.63) is 180 Å². The Hall–Kier alpha value is -7.54. The van der Waals surface area contributed by atoms with Gasteiger partial charge in [-0.05, 0) is 82.4 Å². The number of imide groups is 1. The second-order valence-electron chi connectivity index (χ2n) is 12.7. The van der Waals surface area contributed by atoms with E-state index in [1.165, 1.54) is 4.90 Å². The first kappa shape index (κ1) is 30.5. The first-order chi connectivity index (χ1) is 25.6. The summed E-state index contributed by atoms with van der Waals surface area (Å²) >= 11 is 0. The van der Waals surface area contributed by atoms with Crippen molar-refractivity contribution in [3.63, 3.8) is 0 Å². The highest BCUT2D eigenvalue weighted by atomic mass is 16.2. The summed E-state index contributed by atoms with van der Waals surface area (Å²) in [5.41, 5.74) is 9.49. The van der Waals surface area contributed by atoms with Crippen LogP contribution in [0, 0.1) is 22.7 Å². The number of anilines is 1. The van der Waals surface area contributed by atoms with Gasteiger partial charge in [-0.1, -0.05) is 103 Å². The Bertz CT molecular complexity index is 2830. The van der Waals surface area contributed by atoms with E-state index in [1.54, 1.807) is 24.3 Å². The average Bonchev–Trinajstić information content (AvgIpc) is 3.68. The second kappa shape index (κ2) is 12.1. The summed E-state index contributed by atoms with van der Waals surface area (Å²) in [6, 6.07) is 54.5. The van der Waals surface area contributed by atoms with E-state index < -0.39 is 5.91 Å². The Labute approximate surface area is 299 Å². The zero-order valence-corrected chi connectivity index (χ0v) is 27.6. The maximum Gasteiger partial charge on any atom is 0.268 e. The number of nitriles is 2. The zero-order chi connectivity index (χ0) is 35.3. The number of para-hydroxylation sites is 1. The number of hydrogen-bond acceptors (Lipinski definition) is 4. The molecule has 0 unspecified atom stereocenters. The van der Waals surface area contributed by atoms with Crippen molar-refractivity contribution in [2.45, 2.75) is 0 Å². The highest BCUT2D eigenvalue weighted by Gasteiger charge is 2.40. The van der Waals surface area contributed by atoms with E-state index in [4.69, 9.17) is 0 Å². The van der Waals surface area contributed by atoms with Crippen LogP contribution in [0.5, 0.6) is 0 Å². The molecule has 0 fully saturated rings. The van der Waals surface area contributed by atoms with Crippen LogP contribution in [-0.4, -0.2) is 16.4 Å². The molecule has 2 heterocycles. The zero-order valence-electron chi connectivity index (χ0n) is 27.6. The maximum atomic E-state index is 14.8. The third-order valence-electron chi connectivity index (χ3n) is 9.76. The van der Waals surface area contributed by atoms with Gasteiger partial charge < -0.3 is 4.57 Å². The number of aromatic nitrogens is 1. The molecule has 1 aliphatic heterocycles. The van der Waals surface area contributed by atoms with Gasteiger partial charge in [0.05, 0.1) is 56.8 Å². The highest BCUT2D eigenvalue weighted by Crippen LogP contribution is 2.43. The van der Waals surface area contributed by atoms with Gasteiger partial charge in [0.15, 0.2) is 0 Å². The van der Waals surface area contributed by atoms with Crippen LogP contribution in [0.2, 0.25) is 0 Å². The fraction of sp³-hybridized carbons (Fsp3) is 0. The number of amides is 2. The van der Waals surface area contributed by atoms with Crippen LogP contribution < -0.4 is 4.90 Å². The van der Waals surface area contributed by atoms with Crippen LogP contribution in [0.3, 0.4) is 0 Å². The molecular weight excluding hydrogens is 641 g/mol. The lowest BCUT2D eigenvalue weighted by atomic mass is 9.96. The quantitative estimate of drug-likeness (QED) is 0.171. The van der Waals surface area contributed by atoms with Crippen molar-refractivity contribution in [2.24, 2.45) is 0 Å². The van der Waals surface area contributed by atoms with Gasteiger partial charge in [0.2, 0.25) is 0 Å². The van der Waals surface area contributed by atoms with Gasteiger partial charge in [0.25, 0.3) is 11.8 Å². The molecule has 0 aliphatic carbocycles. The minimum Gasteiger partial charge on any atom is -0.308 e. The van der Waals surface area contributed by atoms with E-state index >= 15 is 0 Å². The fourth-order valence-corrected chi connectivity index (χ4v) is 7.49. The SMILES string of the molecule is N#Cc1cc(C#N)cc(-c2cccc3c2c2ccccc2n3-c2cccc3c2C(=O)N(c2ccc(-c4ccccc4)cc2-c2ccccc2)C3=O)c1. The summed E-state index contributed by atoms with van der Waals surface area (Å²) in [5.74, 6) is -0.784. The highest BCUT2D eigenvalue weighted by molar-refractivity contribution is 6.36. The fourth-order valence-electron chi connectivity index (χ4n) is 7.49. The Morgan fingerprint density at radius 3 is 1.81 bits per heavy atom. The molecule has 52 heavy (non-hydrogen) atoms. The molecule has 1 aliphatic rings. The third kappa shape index (κ3) is 4.71. The second-order valence-corrected chi connectivity index (χ2v) is 12.7. The summed E-state index contributed by atoms with van der Waals surface area (Å²) in [6.07, 6.45) is 0. The standard InChI is InChI=1S/C46H26N4O2/c47-27-29-23-30(28-48)25-34(24-29)35-16-9-19-41-43(35)36-15-7-8-18-39(36)49(41)42-20-10-17-37-44(42)46(52)50(45(37)51)40-22-21-33(31-11-3-1-4-12-31)26-38(40)32-13-5-2-6-14-32/h1-26H. The van der Waals surface area contributed by atoms with Crippen molar-refractivity contribution in [3.8, 4) is 51.2 Å². The normalized spacial score (nSPS) is 12.2. The largest absolute Gasteiger partial charge is 0.308 e. The number of nitrogens with zero attached hydrogens (tertiary/aromatic N) is 4. The molecule has 0 bridgehead atoms. The Kier molecular flexibility index (Phi) is 7.10. The molecular formula is C46H26N4O2. The van der Waals surface area contributed by atoms with Crippen LogP contribution in [0.4, 0.5) is 5.69 Å². The van der Waals surface area contributed by atoms with E-state index in [0.29, 0.717) is 33.6 Å². The lowest BCUT2D eigenvalue weighted by Gasteiger charge is -2.20. The summed E-state index contributed by atoms with van der Waals surface area (Å²) in [4.78, 5) is 30.5. The van der Waals surface area contributed by atoms with Gasteiger partial charge in [0, 0.05) is 16.3 Å². The molecule has 9 rings (SSSR count). The van der Waals surface area contributed by atoms with Crippen molar-refractivity contribution >= 4 is 39.3 Å². The summed E-state index contributed by atoms with van der Waals surface area (Å²) < 4.78 is 2.04. The summed E-state index contributed by atoms with van der Waals surface area (Å²) in [6.45, 7) is 0. The lowest BCUT2D eigenvalue weighted by Crippen LogP contribution is -2.30. The molecule has 0 saturated carbocycles. The molecule has 0 spiro atoms. The third-order valence-corrected chi connectivity index (χ3v) is 9.76. The molecule has 0 atom stereocenters. The van der Waals surface area contributed by atoms with Crippen LogP contribution in [0.25, 0.3) is 60.9 Å². The van der Waals surface area contributed by atoms with Gasteiger partial charge in [-0.2, -0.15) is 10.5 Å². The van der Waals surface area contributed by atoms with E-state index in [1.807, 2.05) is 138 Å². The number of carbonyl (C=O) groups is 2. The van der Waals surface area contributed by atoms with Crippen LogP contribution in [-0.2, 0) is 0 Å². The predicted octanol–water partition coefficient (Wildman–Crippen LogP) is 10.3. The molecule has 0 N–H and O–H groups in total. The number of benzene rings is 7. The Balaban J connectivity index is 1.25. The monoisotopic (exact) mass is 666 g/mol. The number of fused-ring (bicyclic) bond motifs is 4. The van der Waals surface area contributed by atoms with Gasteiger partial charge >= 0.3 is 0 Å². The minimum absolute atomic E-state index is 0.324. The van der Waals surface area contributed by atoms with Gasteiger partial charge in [-0.3, -0.25) is 9.59 Å². The molecule has 7 aromatic carbocycles. The van der Waals surface area contributed by atoms with Crippen molar-refractivity contribution in [1.29, 1.82) is 10.5 Å². The van der Waals surface area contributed by atoms with Gasteiger partial charge in [0.1, 0.15) is 0 Å². The predicted molar refractivity (Wildman–Crippen MR) is 204 cm³/mol. The summed E-state index contributed by atoms with van der Waals surface area (Å²) in [7, 11) is 0. The van der Waals surface area contributed by atoms with E-state index in [-0.39, 0.29) is 5.91 Å². The molecule has 1 aromatic heterocycles. The smallest absolute Gasteiger partial charge is 0.268 e. The molecule has 8 aromatic rings.